The van der Waals surface area contributed by atoms with Crippen molar-refractivity contribution in [2.24, 2.45) is 0 Å². The third kappa shape index (κ3) is 5.08. The van der Waals surface area contributed by atoms with E-state index >= 15 is 0 Å². The fraction of sp³-hybridized carbons (Fsp3) is 0.146. The van der Waals surface area contributed by atoms with E-state index in [1.807, 2.05) is 0 Å². The van der Waals surface area contributed by atoms with Crippen molar-refractivity contribution in [1.82, 2.24) is 15.0 Å². The van der Waals surface area contributed by atoms with Crippen molar-refractivity contribution in [3.8, 4) is 45.0 Å². The Hall–Kier alpha value is -4.86. The van der Waals surface area contributed by atoms with Gasteiger partial charge < -0.3 is 0 Å². The highest BCUT2D eigenvalue weighted by Gasteiger charge is 2.28. The van der Waals surface area contributed by atoms with Gasteiger partial charge in [0.05, 0.1) is 0 Å². The summed E-state index contributed by atoms with van der Waals surface area (Å²) in [6, 6.07) is 30.4. The maximum absolute atomic E-state index is 6.73. The monoisotopic (exact) mass is 601 g/mol. The highest BCUT2D eigenvalue weighted by Crippen LogP contribution is 2.47. The summed E-state index contributed by atoms with van der Waals surface area (Å²) in [4.78, 5) is 14.6. The van der Waals surface area contributed by atoms with Crippen molar-refractivity contribution in [2.45, 2.75) is 38.0 Å². The second kappa shape index (κ2) is 11.3. The first-order chi connectivity index (χ1) is 22.1. The summed E-state index contributed by atoms with van der Waals surface area (Å²) in [6.07, 6.45) is 19.5. The normalized spacial score (nSPS) is 18.0. The number of fused-ring (bicyclic) bond motifs is 3. The van der Waals surface area contributed by atoms with Gasteiger partial charge in [0.25, 0.3) is 0 Å². The second-order valence-corrected chi connectivity index (χ2v) is 12.7. The highest BCUT2D eigenvalue weighted by atomic mass is 35.5. The van der Waals surface area contributed by atoms with E-state index in [1.165, 1.54) is 50.1 Å². The predicted octanol–water partition coefficient (Wildman–Crippen LogP) is 10.6. The fourth-order valence-corrected chi connectivity index (χ4v) is 7.12. The molecule has 0 saturated heterocycles. The molecule has 3 aliphatic rings. The maximum atomic E-state index is 6.73. The van der Waals surface area contributed by atoms with Gasteiger partial charge in [-0.2, -0.15) is 9.97 Å². The first-order valence-electron chi connectivity index (χ1n) is 15.6. The van der Waals surface area contributed by atoms with Crippen LogP contribution in [0.4, 0.5) is 0 Å². The van der Waals surface area contributed by atoms with Crippen molar-refractivity contribution in [2.75, 3.05) is 0 Å². The van der Waals surface area contributed by atoms with Gasteiger partial charge in [0.2, 0.25) is 5.28 Å². The van der Waals surface area contributed by atoms with Crippen LogP contribution in [0.25, 0.3) is 50.6 Å². The summed E-state index contributed by atoms with van der Waals surface area (Å²) < 4.78 is 0. The van der Waals surface area contributed by atoms with Crippen LogP contribution in [-0.4, -0.2) is 15.0 Å². The zero-order valence-electron chi connectivity index (χ0n) is 25.2. The Morgan fingerprint density at radius 3 is 2.18 bits per heavy atom. The number of benzene rings is 4. The molecule has 0 saturated carbocycles. The lowest BCUT2D eigenvalue weighted by Gasteiger charge is -2.28. The van der Waals surface area contributed by atoms with Crippen LogP contribution in [0.3, 0.4) is 0 Å². The fourth-order valence-electron chi connectivity index (χ4n) is 6.96. The number of allylic oxidation sites excluding steroid dienone is 8. The van der Waals surface area contributed by atoms with E-state index in [-0.39, 0.29) is 10.7 Å². The van der Waals surface area contributed by atoms with E-state index in [9.17, 15) is 0 Å². The van der Waals surface area contributed by atoms with Crippen molar-refractivity contribution in [3.63, 3.8) is 0 Å². The zero-order chi connectivity index (χ0) is 30.4. The molecule has 0 radical (unpaired) electrons. The second-order valence-electron chi connectivity index (χ2n) is 12.3. The van der Waals surface area contributed by atoms with E-state index in [0.29, 0.717) is 11.6 Å². The van der Waals surface area contributed by atoms with Gasteiger partial charge >= 0.3 is 0 Å². The number of hydrogen-bond donors (Lipinski definition) is 0. The number of hydrogen-bond acceptors (Lipinski definition) is 3. The Balaban J connectivity index is 1.29. The van der Waals surface area contributed by atoms with Crippen LogP contribution in [0.5, 0.6) is 0 Å². The van der Waals surface area contributed by atoms with Gasteiger partial charge in [-0.3, -0.25) is 0 Å². The van der Waals surface area contributed by atoms with Gasteiger partial charge in [0.1, 0.15) is 0 Å². The minimum Gasteiger partial charge on any atom is -0.208 e. The zero-order valence-corrected chi connectivity index (χ0v) is 25.9. The summed E-state index contributed by atoms with van der Waals surface area (Å²) in [5.74, 6) is 1.17. The van der Waals surface area contributed by atoms with Gasteiger partial charge in [0, 0.05) is 16.5 Å². The highest BCUT2D eigenvalue weighted by molar-refractivity contribution is 6.28. The van der Waals surface area contributed by atoms with E-state index in [2.05, 4.69) is 134 Å². The largest absolute Gasteiger partial charge is 0.226 e. The molecule has 0 amide bonds. The molecule has 218 valence electrons. The molecule has 0 N–H and O–H groups in total. The molecular formula is C41H32ClN3. The Morgan fingerprint density at radius 1 is 0.667 bits per heavy atom. The van der Waals surface area contributed by atoms with E-state index in [1.54, 1.807) is 0 Å². The minimum absolute atomic E-state index is 0.129. The Labute approximate surface area is 269 Å². The molecule has 3 aliphatic carbocycles. The summed E-state index contributed by atoms with van der Waals surface area (Å²) in [5, 5.41) is 0.192. The lowest BCUT2D eigenvalue weighted by atomic mass is 9.76. The molecule has 0 aliphatic heterocycles. The molecule has 1 aromatic heterocycles. The van der Waals surface area contributed by atoms with E-state index in [4.69, 9.17) is 26.6 Å². The third-order valence-electron chi connectivity index (χ3n) is 9.30. The van der Waals surface area contributed by atoms with Crippen LogP contribution in [-0.2, 0) is 11.8 Å². The number of nitrogens with zero attached hydrogens (tertiary/aromatic N) is 3. The molecule has 1 heterocycles. The Kier molecular flexibility index (Phi) is 6.92. The third-order valence-corrected chi connectivity index (χ3v) is 9.47. The topological polar surface area (TPSA) is 38.7 Å². The van der Waals surface area contributed by atoms with Gasteiger partial charge in [0.15, 0.2) is 11.6 Å². The maximum Gasteiger partial charge on any atom is 0.226 e. The lowest BCUT2D eigenvalue weighted by molar-refractivity contribution is 0.600. The first-order valence-corrected chi connectivity index (χ1v) is 16.0. The molecule has 5 aromatic rings. The van der Waals surface area contributed by atoms with E-state index < -0.39 is 0 Å². The molecule has 4 heteroatoms. The first kappa shape index (κ1) is 27.7. The number of halogens is 1. The summed E-state index contributed by atoms with van der Waals surface area (Å²) in [7, 11) is 0. The average Bonchev–Trinajstić information content (AvgIpc) is 3.48. The smallest absolute Gasteiger partial charge is 0.208 e. The van der Waals surface area contributed by atoms with Crippen LogP contribution in [0.15, 0.2) is 127 Å². The molecule has 1 unspecified atom stereocenters. The standard InChI is InChI=1S/C41H32ClN3/c1-41(21-9-4-10-22-41)33-25-31(27-13-5-2-6-14-27)24-32(26-33)38-43-39(45-40(42)44-38)35-20-12-18-30-23-29-17-11-19-34(36(29)37(30)35)28-15-7-3-8-16-28/h3-5,7-21,24-26H,2,6,22-23H2,1H3. The Bertz CT molecular complexity index is 2090. The predicted molar refractivity (Wildman–Crippen MR) is 186 cm³/mol. The molecule has 1 atom stereocenters. The summed E-state index contributed by atoms with van der Waals surface area (Å²) >= 11 is 6.73. The SMILES string of the molecule is CC1(c2cc(C3=CCCC=C3)cc(-c3nc(Cl)nc(-c4cccc5c4-c4c(cccc4-c4ccccc4)C5)n3)c2)C=CC=CC1. The van der Waals surface area contributed by atoms with Crippen LogP contribution in [0, 0.1) is 0 Å². The molecular weight excluding hydrogens is 570 g/mol. The van der Waals surface area contributed by atoms with Crippen molar-refractivity contribution in [3.05, 3.63) is 155 Å². The van der Waals surface area contributed by atoms with Gasteiger partial charge in [-0.25, -0.2) is 4.98 Å². The van der Waals surface area contributed by atoms with Gasteiger partial charge in [-0.15, -0.1) is 0 Å². The van der Waals surface area contributed by atoms with Crippen molar-refractivity contribution >= 4 is 17.2 Å². The molecule has 0 bridgehead atoms. The molecule has 0 spiro atoms. The van der Waals surface area contributed by atoms with Crippen LogP contribution < -0.4 is 0 Å². The number of rotatable bonds is 5. The van der Waals surface area contributed by atoms with Crippen molar-refractivity contribution in [1.29, 1.82) is 0 Å². The summed E-state index contributed by atoms with van der Waals surface area (Å²) in [6.45, 7) is 2.29. The van der Waals surface area contributed by atoms with E-state index in [0.717, 1.165) is 36.8 Å². The molecule has 45 heavy (non-hydrogen) atoms. The van der Waals surface area contributed by atoms with Gasteiger partial charge in [-0.1, -0.05) is 122 Å². The molecule has 8 rings (SSSR count). The Morgan fingerprint density at radius 2 is 1.42 bits per heavy atom. The van der Waals surface area contributed by atoms with Gasteiger partial charge in [-0.05, 0) is 99.5 Å². The molecule has 0 fully saturated rings. The minimum atomic E-state index is -0.129. The van der Waals surface area contributed by atoms with Crippen LogP contribution in [0.2, 0.25) is 5.28 Å². The van der Waals surface area contributed by atoms with Crippen LogP contribution in [0.1, 0.15) is 48.4 Å². The molecule has 3 nitrogen and oxygen atoms in total. The van der Waals surface area contributed by atoms with Crippen LogP contribution >= 0.6 is 11.6 Å². The quantitative estimate of drug-likeness (QED) is 0.197. The molecule has 4 aromatic carbocycles. The summed E-state index contributed by atoms with van der Waals surface area (Å²) in [5.41, 5.74) is 12.8. The average molecular weight is 602 g/mol. The number of aromatic nitrogens is 3. The van der Waals surface area contributed by atoms with Crippen molar-refractivity contribution < 1.29 is 0 Å². The lowest BCUT2D eigenvalue weighted by Crippen LogP contribution is -2.20.